The molecule has 168 valence electrons. The molecule has 2 atom stereocenters. The summed E-state index contributed by atoms with van der Waals surface area (Å²) in [5.74, 6) is 0.0423. The van der Waals surface area contributed by atoms with E-state index in [0.29, 0.717) is 11.4 Å². The molecule has 2 aromatic rings. The lowest BCUT2D eigenvalue weighted by Crippen LogP contribution is -2.51. The normalized spacial score (nSPS) is 21.7. The van der Waals surface area contributed by atoms with Crippen LogP contribution in [0.15, 0.2) is 36.4 Å². The number of rotatable bonds is 9. The van der Waals surface area contributed by atoms with E-state index in [9.17, 15) is 12.8 Å². The Bertz CT molecular complexity index is 1020. The summed E-state index contributed by atoms with van der Waals surface area (Å²) in [5.41, 5.74) is 2.79. The van der Waals surface area contributed by atoms with Gasteiger partial charge >= 0.3 is 0 Å². The van der Waals surface area contributed by atoms with Crippen molar-refractivity contribution < 1.29 is 17.5 Å². The van der Waals surface area contributed by atoms with E-state index < -0.39 is 16.4 Å². The van der Waals surface area contributed by atoms with E-state index in [1.165, 1.54) is 0 Å². The Labute approximate surface area is 189 Å². The van der Waals surface area contributed by atoms with Gasteiger partial charge in [0.05, 0.1) is 6.61 Å². The van der Waals surface area contributed by atoms with Gasteiger partial charge in [-0.15, -0.1) is 0 Å². The lowest BCUT2D eigenvalue weighted by Gasteiger charge is -2.40. The minimum atomic E-state index is -2.66. The summed E-state index contributed by atoms with van der Waals surface area (Å²) in [5, 5.41) is 4.08. The largest absolute Gasteiger partial charge is 0.490 e. The third-order valence-corrected chi connectivity index (χ3v) is 7.60. The molecule has 2 aromatic carbocycles. The lowest BCUT2D eigenvalue weighted by molar-refractivity contribution is 0.163. The summed E-state index contributed by atoms with van der Waals surface area (Å²) < 4.78 is 45.4. The number of likely N-dealkylation sites (N-methyl/N-ethyl adjacent to an activating group) is 1. The number of thiol groups is 1. The van der Waals surface area contributed by atoms with Crippen LogP contribution in [-0.4, -0.2) is 33.7 Å². The third kappa shape index (κ3) is 5.06. The maximum Gasteiger partial charge on any atom is 0.201 e. The first-order chi connectivity index (χ1) is 14.9. The monoisotopic (exact) mass is 466 g/mol. The minimum Gasteiger partial charge on any atom is -0.490 e. The number of hydrogen-bond donors (Lipinski definition) is 3. The molecular weight excluding hydrogens is 439 g/mol. The highest BCUT2D eigenvalue weighted by Gasteiger charge is 2.37. The first-order valence-electron chi connectivity index (χ1n) is 10.7. The van der Waals surface area contributed by atoms with Gasteiger partial charge in [0.2, 0.25) is 10.9 Å². The Morgan fingerprint density at radius 2 is 2.06 bits per heavy atom. The molecule has 2 aliphatic rings. The number of halogens is 2. The highest BCUT2D eigenvalue weighted by Crippen LogP contribution is 2.40. The number of benzene rings is 2. The minimum absolute atomic E-state index is 0.186. The van der Waals surface area contributed by atoms with Crippen LogP contribution in [0.5, 0.6) is 5.75 Å². The van der Waals surface area contributed by atoms with Crippen LogP contribution in [0.2, 0.25) is 5.02 Å². The number of nitrogens with one attached hydrogen (secondary N) is 2. The van der Waals surface area contributed by atoms with E-state index in [1.807, 2.05) is 31.3 Å². The summed E-state index contributed by atoms with van der Waals surface area (Å²) in [6.45, 7) is 0.264. The van der Waals surface area contributed by atoms with Crippen molar-refractivity contribution in [2.24, 2.45) is 0 Å². The average molecular weight is 467 g/mol. The summed E-state index contributed by atoms with van der Waals surface area (Å²) in [6, 6.07) is 11.4. The van der Waals surface area contributed by atoms with Crippen LogP contribution < -0.4 is 14.8 Å². The molecule has 1 saturated carbocycles. The third-order valence-electron chi connectivity index (χ3n) is 6.71. The zero-order valence-electron chi connectivity index (χ0n) is 17.5. The van der Waals surface area contributed by atoms with E-state index in [4.69, 9.17) is 16.3 Å². The Hall–Kier alpha value is -1.67. The van der Waals surface area contributed by atoms with Crippen molar-refractivity contribution in [3.05, 3.63) is 63.9 Å². The molecule has 0 bridgehead atoms. The fraction of sp³-hybridized carbons (Fsp3) is 0.478. The van der Waals surface area contributed by atoms with Gasteiger partial charge < -0.3 is 10.1 Å². The zero-order chi connectivity index (χ0) is 22.0. The van der Waals surface area contributed by atoms with Gasteiger partial charge in [-0.2, -0.15) is 0 Å². The van der Waals surface area contributed by atoms with E-state index in [0.717, 1.165) is 48.8 Å². The van der Waals surface area contributed by atoms with E-state index in [1.54, 1.807) is 6.07 Å². The van der Waals surface area contributed by atoms with E-state index in [2.05, 4.69) is 16.1 Å². The molecule has 2 unspecified atom stereocenters. The van der Waals surface area contributed by atoms with Crippen LogP contribution in [0.25, 0.3) is 0 Å². The van der Waals surface area contributed by atoms with Crippen LogP contribution >= 0.6 is 11.6 Å². The van der Waals surface area contributed by atoms with Gasteiger partial charge in [0.1, 0.15) is 0 Å². The highest BCUT2D eigenvalue weighted by molar-refractivity contribution is 7.70. The first-order valence-corrected chi connectivity index (χ1v) is 12.2. The molecule has 8 heteroatoms. The second-order valence-corrected chi connectivity index (χ2v) is 9.80. The lowest BCUT2D eigenvalue weighted by atomic mass is 9.75. The molecule has 0 aromatic heterocycles. The van der Waals surface area contributed by atoms with Gasteiger partial charge in [0, 0.05) is 28.9 Å². The van der Waals surface area contributed by atoms with Gasteiger partial charge in [0.25, 0.3) is 0 Å². The Morgan fingerprint density at radius 3 is 2.71 bits per heavy atom. The Kier molecular flexibility index (Phi) is 6.86. The Balaban J connectivity index is 1.50. The molecule has 4 rings (SSSR count). The second kappa shape index (κ2) is 9.45. The van der Waals surface area contributed by atoms with Crippen LogP contribution in [-0.2, 0) is 23.7 Å². The van der Waals surface area contributed by atoms with Crippen molar-refractivity contribution in [3.8, 4) is 5.75 Å². The van der Waals surface area contributed by atoms with E-state index in [-0.39, 0.29) is 30.1 Å². The van der Waals surface area contributed by atoms with Crippen LogP contribution in [0, 0.1) is 5.82 Å². The smallest absolute Gasteiger partial charge is 0.201 e. The molecule has 2 aliphatic carbocycles. The number of hydrogen-bond acceptors (Lipinski definition) is 4. The average Bonchev–Trinajstić information content (AvgIpc) is 3.02. The molecule has 31 heavy (non-hydrogen) atoms. The fourth-order valence-electron chi connectivity index (χ4n) is 4.88. The summed E-state index contributed by atoms with van der Waals surface area (Å²) in [6.07, 6.45) is 4.65. The van der Waals surface area contributed by atoms with Crippen molar-refractivity contribution >= 4 is 22.5 Å². The molecular formula is C23H28ClFN2O3S. The standard InChI is InChI=1S/C23H28ClFN2O3S/c1-26-21-13-16-12-20(25)22(30-9-8-23(6-3-7-23)27-31(28)29)14-18(16)19(21)11-15-4-2-5-17(24)10-15/h2,4-5,10,12,14,19,21,26,31H,3,6-9,11,13H2,1H3,(H,27,28,29). The maximum absolute atomic E-state index is 14.7. The van der Waals surface area contributed by atoms with Crippen molar-refractivity contribution in [1.29, 1.82) is 0 Å². The molecule has 0 heterocycles. The number of fused-ring (bicyclic) bond motifs is 1. The van der Waals surface area contributed by atoms with Gasteiger partial charge in [-0.25, -0.2) is 17.5 Å². The fourth-order valence-corrected chi connectivity index (χ4v) is 5.82. The molecule has 2 N–H and O–H groups in total. The molecule has 0 amide bonds. The predicted octanol–water partition coefficient (Wildman–Crippen LogP) is 3.76. The summed E-state index contributed by atoms with van der Waals surface area (Å²) in [4.78, 5) is 0. The predicted molar refractivity (Wildman–Crippen MR) is 121 cm³/mol. The summed E-state index contributed by atoms with van der Waals surface area (Å²) in [7, 11) is -0.728. The topological polar surface area (TPSA) is 67.4 Å². The maximum atomic E-state index is 14.7. The quantitative estimate of drug-likeness (QED) is 0.492. The van der Waals surface area contributed by atoms with Crippen LogP contribution in [0.4, 0.5) is 4.39 Å². The summed E-state index contributed by atoms with van der Waals surface area (Å²) >= 11 is 6.16. The molecule has 1 fully saturated rings. The van der Waals surface area contributed by atoms with Gasteiger partial charge in [-0.1, -0.05) is 23.7 Å². The van der Waals surface area contributed by atoms with Crippen molar-refractivity contribution in [3.63, 3.8) is 0 Å². The molecule has 0 spiro atoms. The van der Waals surface area contributed by atoms with Crippen LogP contribution in [0.1, 0.15) is 48.3 Å². The molecule has 0 saturated heterocycles. The van der Waals surface area contributed by atoms with Gasteiger partial charge in [-0.3, -0.25) is 0 Å². The first kappa shape index (κ1) is 22.5. The van der Waals surface area contributed by atoms with Gasteiger partial charge in [-0.05, 0) is 80.1 Å². The Morgan fingerprint density at radius 1 is 1.26 bits per heavy atom. The van der Waals surface area contributed by atoms with Crippen LogP contribution in [0.3, 0.4) is 0 Å². The highest BCUT2D eigenvalue weighted by atomic mass is 35.5. The SMILES string of the molecule is CNC1Cc2cc(F)c(OCCC3(N[SH](=O)=O)CCC3)cc2C1Cc1cccc(Cl)c1. The molecule has 0 radical (unpaired) electrons. The number of ether oxygens (including phenoxy) is 1. The molecule has 0 aliphatic heterocycles. The molecule has 5 nitrogen and oxygen atoms in total. The van der Waals surface area contributed by atoms with Crippen molar-refractivity contribution in [1.82, 2.24) is 10.0 Å². The van der Waals surface area contributed by atoms with E-state index >= 15 is 0 Å². The second-order valence-electron chi connectivity index (χ2n) is 8.62. The zero-order valence-corrected chi connectivity index (χ0v) is 19.1. The van der Waals surface area contributed by atoms with Gasteiger partial charge in [0.15, 0.2) is 11.6 Å². The van der Waals surface area contributed by atoms with Crippen molar-refractivity contribution in [2.75, 3.05) is 13.7 Å². The van der Waals surface area contributed by atoms with Crippen molar-refractivity contribution in [2.45, 2.75) is 56.0 Å².